The molecule has 1 aromatic heterocycles. The monoisotopic (exact) mass is 297 g/mol. The number of hydrogen-bond donors (Lipinski definition) is 0. The first kappa shape index (κ1) is 15.0. The van der Waals surface area contributed by atoms with E-state index in [-0.39, 0.29) is 0 Å². The van der Waals surface area contributed by atoms with E-state index in [1.807, 2.05) is 24.4 Å². The van der Waals surface area contributed by atoms with Crippen LogP contribution in [0, 0.1) is 0 Å². The molecule has 116 valence electrons. The van der Waals surface area contributed by atoms with Crippen molar-refractivity contribution in [2.45, 2.75) is 12.6 Å². The van der Waals surface area contributed by atoms with E-state index in [9.17, 15) is 0 Å². The summed E-state index contributed by atoms with van der Waals surface area (Å²) < 4.78 is 5.25. The highest BCUT2D eigenvalue weighted by molar-refractivity contribution is 5.29. The Hall–Kier alpha value is -1.91. The molecular formula is C18H23N3O. The van der Waals surface area contributed by atoms with Gasteiger partial charge in [0.2, 0.25) is 0 Å². The van der Waals surface area contributed by atoms with Crippen molar-refractivity contribution in [2.75, 3.05) is 33.8 Å². The van der Waals surface area contributed by atoms with Gasteiger partial charge in [-0.25, -0.2) is 0 Å². The molecule has 4 heteroatoms. The predicted octanol–water partition coefficient (Wildman–Crippen LogP) is 2.58. The van der Waals surface area contributed by atoms with Crippen molar-refractivity contribution in [2.24, 2.45) is 0 Å². The summed E-state index contributed by atoms with van der Waals surface area (Å²) in [5.41, 5.74) is 2.48. The molecule has 0 saturated carbocycles. The van der Waals surface area contributed by atoms with Crippen LogP contribution in [0.1, 0.15) is 17.3 Å². The molecule has 4 nitrogen and oxygen atoms in total. The van der Waals surface area contributed by atoms with Crippen molar-refractivity contribution in [1.29, 1.82) is 0 Å². The van der Waals surface area contributed by atoms with Crippen molar-refractivity contribution < 1.29 is 4.74 Å². The average Bonchev–Trinajstić information content (AvgIpc) is 2.58. The van der Waals surface area contributed by atoms with E-state index in [2.05, 4.69) is 46.1 Å². The number of benzene rings is 1. The topological polar surface area (TPSA) is 28.6 Å². The minimum atomic E-state index is 0.420. The molecule has 22 heavy (non-hydrogen) atoms. The Morgan fingerprint density at radius 3 is 2.64 bits per heavy atom. The van der Waals surface area contributed by atoms with Gasteiger partial charge in [-0.05, 0) is 36.9 Å². The van der Waals surface area contributed by atoms with Crippen LogP contribution in [0.5, 0.6) is 5.75 Å². The molecule has 0 bridgehead atoms. The number of nitrogens with zero attached hydrogens (tertiary/aromatic N) is 3. The summed E-state index contributed by atoms with van der Waals surface area (Å²) in [4.78, 5) is 9.35. The van der Waals surface area contributed by atoms with Gasteiger partial charge < -0.3 is 4.74 Å². The Morgan fingerprint density at radius 2 is 1.95 bits per heavy atom. The van der Waals surface area contributed by atoms with Gasteiger partial charge in [0, 0.05) is 38.4 Å². The van der Waals surface area contributed by atoms with Crippen LogP contribution in [0.25, 0.3) is 0 Å². The molecule has 0 aliphatic carbocycles. The second-order valence-corrected chi connectivity index (χ2v) is 5.83. The molecule has 0 spiro atoms. The number of likely N-dealkylation sites (N-methyl/N-ethyl adjacent to an activating group) is 1. The fourth-order valence-electron chi connectivity index (χ4n) is 2.98. The number of hydrogen-bond acceptors (Lipinski definition) is 4. The second-order valence-electron chi connectivity index (χ2n) is 5.83. The first-order chi connectivity index (χ1) is 10.8. The van der Waals surface area contributed by atoms with E-state index in [4.69, 9.17) is 4.74 Å². The van der Waals surface area contributed by atoms with Gasteiger partial charge in [0.15, 0.2) is 0 Å². The molecule has 1 unspecified atom stereocenters. The lowest BCUT2D eigenvalue weighted by Crippen LogP contribution is -2.46. The van der Waals surface area contributed by atoms with Crippen molar-refractivity contribution >= 4 is 0 Å². The molecular weight excluding hydrogens is 274 g/mol. The summed E-state index contributed by atoms with van der Waals surface area (Å²) in [5.74, 6) is 0.910. The van der Waals surface area contributed by atoms with E-state index in [1.165, 1.54) is 5.56 Å². The van der Waals surface area contributed by atoms with Gasteiger partial charge in [-0.1, -0.05) is 18.2 Å². The number of pyridine rings is 1. The van der Waals surface area contributed by atoms with Gasteiger partial charge in [-0.15, -0.1) is 0 Å². The maximum Gasteiger partial charge on any atom is 0.118 e. The second kappa shape index (κ2) is 6.90. The Kier molecular flexibility index (Phi) is 4.71. The number of piperazine rings is 1. The Labute approximate surface area is 132 Å². The van der Waals surface area contributed by atoms with Crippen LogP contribution in [-0.4, -0.2) is 48.6 Å². The average molecular weight is 297 g/mol. The minimum absolute atomic E-state index is 0.420. The van der Waals surface area contributed by atoms with Crippen LogP contribution in [0.2, 0.25) is 0 Å². The van der Waals surface area contributed by atoms with Gasteiger partial charge in [0.1, 0.15) is 5.75 Å². The van der Waals surface area contributed by atoms with Gasteiger partial charge in [0.25, 0.3) is 0 Å². The highest BCUT2D eigenvalue weighted by Gasteiger charge is 2.25. The Morgan fingerprint density at radius 1 is 1.14 bits per heavy atom. The van der Waals surface area contributed by atoms with Crippen molar-refractivity contribution in [3.63, 3.8) is 0 Å². The van der Waals surface area contributed by atoms with Gasteiger partial charge in [-0.2, -0.15) is 0 Å². The SMILES string of the molecule is COc1ccc(C2CN(Cc3ccccn3)CCN2C)cc1. The molecule has 0 amide bonds. The third kappa shape index (κ3) is 3.46. The molecule has 0 N–H and O–H groups in total. The van der Waals surface area contributed by atoms with Crippen molar-refractivity contribution in [3.8, 4) is 5.75 Å². The molecule has 3 rings (SSSR count). The van der Waals surface area contributed by atoms with Crippen LogP contribution < -0.4 is 4.74 Å². The number of aromatic nitrogens is 1. The highest BCUT2D eigenvalue weighted by atomic mass is 16.5. The minimum Gasteiger partial charge on any atom is -0.497 e. The predicted molar refractivity (Wildman–Crippen MR) is 87.9 cm³/mol. The zero-order chi connectivity index (χ0) is 15.4. The summed E-state index contributed by atoms with van der Waals surface area (Å²) in [5, 5.41) is 0. The molecule has 2 heterocycles. The van der Waals surface area contributed by atoms with Crippen LogP contribution >= 0.6 is 0 Å². The zero-order valence-corrected chi connectivity index (χ0v) is 13.3. The number of ether oxygens (including phenoxy) is 1. The largest absolute Gasteiger partial charge is 0.497 e. The zero-order valence-electron chi connectivity index (χ0n) is 13.3. The van der Waals surface area contributed by atoms with E-state index >= 15 is 0 Å². The van der Waals surface area contributed by atoms with Crippen molar-refractivity contribution in [3.05, 3.63) is 59.9 Å². The normalized spacial score (nSPS) is 20.0. The lowest BCUT2D eigenvalue weighted by molar-refractivity contribution is 0.0896. The van der Waals surface area contributed by atoms with Gasteiger partial charge in [-0.3, -0.25) is 14.8 Å². The quantitative estimate of drug-likeness (QED) is 0.867. The molecule has 1 fully saturated rings. The number of rotatable bonds is 4. The summed E-state index contributed by atoms with van der Waals surface area (Å²) >= 11 is 0. The first-order valence-electron chi connectivity index (χ1n) is 7.73. The summed E-state index contributed by atoms with van der Waals surface area (Å²) in [7, 11) is 3.91. The fourth-order valence-corrected chi connectivity index (χ4v) is 2.98. The van der Waals surface area contributed by atoms with Crippen LogP contribution in [0.3, 0.4) is 0 Å². The van der Waals surface area contributed by atoms with Crippen LogP contribution in [-0.2, 0) is 6.54 Å². The Balaban J connectivity index is 1.70. The van der Waals surface area contributed by atoms with Crippen molar-refractivity contribution in [1.82, 2.24) is 14.8 Å². The van der Waals surface area contributed by atoms with E-state index in [0.717, 1.165) is 37.6 Å². The molecule has 0 radical (unpaired) electrons. The third-order valence-electron chi connectivity index (χ3n) is 4.34. The lowest BCUT2D eigenvalue weighted by Gasteiger charge is -2.39. The molecule has 1 aliphatic heterocycles. The summed E-state index contributed by atoms with van der Waals surface area (Å²) in [6.07, 6.45) is 1.87. The van der Waals surface area contributed by atoms with E-state index in [0.29, 0.717) is 6.04 Å². The molecule has 1 aromatic carbocycles. The number of methoxy groups -OCH3 is 1. The first-order valence-corrected chi connectivity index (χ1v) is 7.73. The van der Waals surface area contributed by atoms with E-state index in [1.54, 1.807) is 7.11 Å². The maximum atomic E-state index is 5.25. The standard InChI is InChI=1S/C18H23N3O/c1-20-11-12-21(13-16-5-3-4-10-19-16)14-18(20)15-6-8-17(22-2)9-7-15/h3-10,18H,11-14H2,1-2H3. The molecule has 1 atom stereocenters. The molecule has 2 aromatic rings. The summed E-state index contributed by atoms with van der Waals surface area (Å²) in [6.45, 7) is 4.10. The van der Waals surface area contributed by atoms with Crippen LogP contribution in [0.15, 0.2) is 48.7 Å². The molecule has 1 saturated heterocycles. The Bertz CT molecular complexity index is 585. The third-order valence-corrected chi connectivity index (χ3v) is 4.34. The van der Waals surface area contributed by atoms with Gasteiger partial charge in [0.05, 0.1) is 12.8 Å². The van der Waals surface area contributed by atoms with E-state index < -0.39 is 0 Å². The summed E-state index contributed by atoms with van der Waals surface area (Å²) in [6, 6.07) is 15.0. The maximum absolute atomic E-state index is 5.25. The smallest absolute Gasteiger partial charge is 0.118 e. The van der Waals surface area contributed by atoms with Crippen LogP contribution in [0.4, 0.5) is 0 Å². The highest BCUT2D eigenvalue weighted by Crippen LogP contribution is 2.26. The van der Waals surface area contributed by atoms with Gasteiger partial charge >= 0.3 is 0 Å². The lowest BCUT2D eigenvalue weighted by atomic mass is 10.0. The fraction of sp³-hybridized carbons (Fsp3) is 0.389. The molecule has 1 aliphatic rings.